The molecule has 0 bridgehead atoms. The summed E-state index contributed by atoms with van der Waals surface area (Å²) in [6, 6.07) is 0. The molecule has 2 rings (SSSR count). The summed E-state index contributed by atoms with van der Waals surface area (Å²) >= 11 is 0. The number of hydrogen-bond donors (Lipinski definition) is 1. The SMILES string of the molecule is CC(C)(C)OC(=O)Nc1ncc(B2OC(C)(C)C(C)(C)O2)cn1. The Morgan fingerprint density at radius 1 is 1.13 bits per heavy atom. The molecule has 0 unspecified atom stereocenters. The molecule has 0 atom stereocenters. The van der Waals surface area contributed by atoms with Gasteiger partial charge in [0.2, 0.25) is 5.95 Å². The zero-order chi connectivity index (χ0) is 17.5. The number of rotatable bonds is 2. The maximum atomic E-state index is 11.7. The van der Waals surface area contributed by atoms with Gasteiger partial charge in [0.15, 0.2) is 0 Å². The molecule has 1 fully saturated rings. The Bertz CT molecular complexity index is 565. The van der Waals surface area contributed by atoms with Crippen molar-refractivity contribution in [1.29, 1.82) is 0 Å². The van der Waals surface area contributed by atoms with Gasteiger partial charge in [0.05, 0.1) is 11.2 Å². The van der Waals surface area contributed by atoms with E-state index in [1.165, 1.54) is 0 Å². The number of carbonyl (C=O) groups excluding carboxylic acids is 1. The Labute approximate surface area is 137 Å². The summed E-state index contributed by atoms with van der Waals surface area (Å²) in [4.78, 5) is 19.9. The first-order valence-electron chi connectivity index (χ1n) is 7.57. The van der Waals surface area contributed by atoms with Crippen LogP contribution in [0.4, 0.5) is 10.7 Å². The van der Waals surface area contributed by atoms with Crippen molar-refractivity contribution in [2.24, 2.45) is 0 Å². The Balaban J connectivity index is 2.02. The van der Waals surface area contributed by atoms with E-state index in [0.717, 1.165) is 0 Å². The van der Waals surface area contributed by atoms with E-state index >= 15 is 0 Å². The van der Waals surface area contributed by atoms with Crippen molar-refractivity contribution in [3.8, 4) is 0 Å². The maximum absolute atomic E-state index is 11.7. The lowest BCUT2D eigenvalue weighted by Crippen LogP contribution is -2.41. The van der Waals surface area contributed by atoms with Crippen LogP contribution >= 0.6 is 0 Å². The average molecular weight is 321 g/mol. The highest BCUT2D eigenvalue weighted by molar-refractivity contribution is 6.61. The molecular formula is C15H24BN3O4. The summed E-state index contributed by atoms with van der Waals surface area (Å²) in [5, 5.41) is 2.48. The Morgan fingerprint density at radius 2 is 1.61 bits per heavy atom. The summed E-state index contributed by atoms with van der Waals surface area (Å²) in [6.07, 6.45) is 2.55. The van der Waals surface area contributed by atoms with E-state index in [1.54, 1.807) is 33.2 Å². The normalized spacial score (nSPS) is 19.5. The second kappa shape index (κ2) is 5.76. The fraction of sp³-hybridized carbons (Fsp3) is 0.667. The molecule has 0 aliphatic carbocycles. The smallest absolute Gasteiger partial charge is 0.444 e. The fourth-order valence-corrected chi connectivity index (χ4v) is 1.90. The molecule has 126 valence electrons. The molecule has 1 saturated heterocycles. The average Bonchev–Trinajstić information content (AvgIpc) is 2.56. The second-order valence-electron chi connectivity index (χ2n) is 7.56. The highest BCUT2D eigenvalue weighted by atomic mass is 16.7. The molecule has 0 aromatic carbocycles. The third kappa shape index (κ3) is 4.20. The molecule has 1 aliphatic rings. The van der Waals surface area contributed by atoms with Crippen molar-refractivity contribution in [3.63, 3.8) is 0 Å². The van der Waals surface area contributed by atoms with Gasteiger partial charge in [-0.25, -0.2) is 14.8 Å². The van der Waals surface area contributed by atoms with Crippen molar-refractivity contribution >= 4 is 24.6 Å². The predicted octanol–water partition coefficient (Wildman–Crippen LogP) is 2.12. The molecule has 0 spiro atoms. The maximum Gasteiger partial charge on any atom is 0.498 e. The van der Waals surface area contributed by atoms with Gasteiger partial charge in [0.25, 0.3) is 0 Å². The first-order valence-corrected chi connectivity index (χ1v) is 7.57. The molecular weight excluding hydrogens is 297 g/mol. The lowest BCUT2D eigenvalue weighted by atomic mass is 9.81. The van der Waals surface area contributed by atoms with Crippen LogP contribution < -0.4 is 10.8 Å². The molecule has 1 aromatic rings. The lowest BCUT2D eigenvalue weighted by Gasteiger charge is -2.32. The number of amides is 1. The van der Waals surface area contributed by atoms with Crippen LogP contribution in [0.1, 0.15) is 48.5 Å². The van der Waals surface area contributed by atoms with Gasteiger partial charge in [-0.2, -0.15) is 0 Å². The number of anilines is 1. The summed E-state index contributed by atoms with van der Waals surface area (Å²) in [6.45, 7) is 13.3. The summed E-state index contributed by atoms with van der Waals surface area (Å²) in [7, 11) is -0.532. The van der Waals surface area contributed by atoms with Crippen LogP contribution in [0.3, 0.4) is 0 Å². The third-order valence-electron chi connectivity index (χ3n) is 3.81. The molecule has 2 heterocycles. The summed E-state index contributed by atoms with van der Waals surface area (Å²) in [5.74, 6) is 0.166. The van der Waals surface area contributed by atoms with Crippen molar-refractivity contribution in [2.45, 2.75) is 65.3 Å². The first kappa shape index (κ1) is 17.7. The number of aromatic nitrogens is 2. The third-order valence-corrected chi connectivity index (χ3v) is 3.81. The molecule has 1 aliphatic heterocycles. The van der Waals surface area contributed by atoms with Gasteiger partial charge in [0, 0.05) is 17.9 Å². The molecule has 1 N–H and O–H groups in total. The number of nitrogens with one attached hydrogen (secondary N) is 1. The number of carbonyl (C=O) groups is 1. The van der Waals surface area contributed by atoms with E-state index in [0.29, 0.717) is 5.46 Å². The van der Waals surface area contributed by atoms with Crippen molar-refractivity contribution < 1.29 is 18.8 Å². The van der Waals surface area contributed by atoms with Crippen LogP contribution in [0, 0.1) is 0 Å². The van der Waals surface area contributed by atoms with Gasteiger partial charge in [0.1, 0.15) is 5.60 Å². The van der Waals surface area contributed by atoms with E-state index < -0.39 is 30.0 Å². The van der Waals surface area contributed by atoms with Gasteiger partial charge < -0.3 is 14.0 Å². The van der Waals surface area contributed by atoms with E-state index in [4.69, 9.17) is 14.0 Å². The number of nitrogens with zero attached hydrogens (tertiary/aromatic N) is 2. The van der Waals surface area contributed by atoms with Crippen LogP contribution in [0.25, 0.3) is 0 Å². The minimum absolute atomic E-state index is 0.166. The Morgan fingerprint density at radius 3 is 2.04 bits per heavy atom. The largest absolute Gasteiger partial charge is 0.498 e. The zero-order valence-electron chi connectivity index (χ0n) is 14.8. The molecule has 23 heavy (non-hydrogen) atoms. The summed E-state index contributed by atoms with van der Waals surface area (Å²) < 4.78 is 17.0. The monoisotopic (exact) mass is 321 g/mol. The van der Waals surface area contributed by atoms with E-state index in [1.807, 2.05) is 27.7 Å². The quantitative estimate of drug-likeness (QED) is 0.840. The van der Waals surface area contributed by atoms with E-state index in [9.17, 15) is 4.79 Å². The first-order chi connectivity index (χ1) is 10.4. The van der Waals surface area contributed by atoms with Crippen LogP contribution in [0.15, 0.2) is 12.4 Å². The van der Waals surface area contributed by atoms with Crippen LogP contribution in [0.5, 0.6) is 0 Å². The van der Waals surface area contributed by atoms with Crippen molar-refractivity contribution in [2.75, 3.05) is 5.32 Å². The van der Waals surface area contributed by atoms with Gasteiger partial charge in [-0.15, -0.1) is 0 Å². The Hall–Kier alpha value is -1.67. The number of ether oxygens (including phenoxy) is 1. The van der Waals surface area contributed by atoms with E-state index in [-0.39, 0.29) is 5.95 Å². The van der Waals surface area contributed by atoms with Crippen molar-refractivity contribution in [3.05, 3.63) is 12.4 Å². The molecule has 1 aromatic heterocycles. The molecule has 0 radical (unpaired) electrons. The highest BCUT2D eigenvalue weighted by Crippen LogP contribution is 2.36. The fourth-order valence-electron chi connectivity index (χ4n) is 1.90. The lowest BCUT2D eigenvalue weighted by molar-refractivity contribution is 0.00578. The van der Waals surface area contributed by atoms with Gasteiger partial charge in [-0.05, 0) is 48.5 Å². The van der Waals surface area contributed by atoms with Crippen LogP contribution in [-0.2, 0) is 14.0 Å². The molecule has 1 amide bonds. The van der Waals surface area contributed by atoms with Crippen molar-refractivity contribution in [1.82, 2.24) is 9.97 Å². The summed E-state index contributed by atoms with van der Waals surface area (Å²) in [5.41, 5.74) is -0.735. The van der Waals surface area contributed by atoms with E-state index in [2.05, 4.69) is 15.3 Å². The highest BCUT2D eigenvalue weighted by Gasteiger charge is 2.51. The predicted molar refractivity (Wildman–Crippen MR) is 87.6 cm³/mol. The topological polar surface area (TPSA) is 82.6 Å². The number of hydrogen-bond acceptors (Lipinski definition) is 6. The molecule has 0 saturated carbocycles. The Kier molecular flexibility index (Phi) is 4.43. The van der Waals surface area contributed by atoms with Gasteiger partial charge in [-0.1, -0.05) is 0 Å². The molecule has 7 nitrogen and oxygen atoms in total. The second-order valence-corrected chi connectivity index (χ2v) is 7.56. The van der Waals surface area contributed by atoms with Gasteiger partial charge >= 0.3 is 13.2 Å². The molecule has 8 heteroatoms. The standard InChI is InChI=1S/C15H24BN3O4/c1-13(2,3)21-12(20)19-11-17-8-10(9-18-11)16-22-14(4,5)15(6,7)23-16/h8-9H,1-7H3,(H,17,18,19,20). The van der Waals surface area contributed by atoms with Crippen LogP contribution in [0.2, 0.25) is 0 Å². The zero-order valence-corrected chi connectivity index (χ0v) is 14.8. The minimum Gasteiger partial charge on any atom is -0.444 e. The van der Waals surface area contributed by atoms with Crippen LogP contribution in [-0.4, -0.2) is 40.0 Å². The van der Waals surface area contributed by atoms with Gasteiger partial charge in [-0.3, -0.25) is 5.32 Å². The minimum atomic E-state index is -0.596.